The summed E-state index contributed by atoms with van der Waals surface area (Å²) in [7, 11) is 0. The topological polar surface area (TPSA) is 65.3 Å². The third kappa shape index (κ3) is 4.58. The lowest BCUT2D eigenvalue weighted by Crippen LogP contribution is -2.32. The van der Waals surface area contributed by atoms with Gasteiger partial charge in [-0.05, 0) is 40.2 Å². The standard InChI is InChI=1S/C28H34N4O2/c1-7-12-15-20-19(6)26(33)23(25-24(20)29-28(30-25)32(11-5)18-8-2)21-16-13-14-17-22(21)27(34)31(9-3)10-4/h7,12-17H,6,8-11,18H2,1-5H3/b12-7-,20-15+. The maximum absolute atomic E-state index is 13.7. The second-order valence-electron chi connectivity index (χ2n) is 8.11. The van der Waals surface area contributed by atoms with Gasteiger partial charge in [-0.25, -0.2) is 9.98 Å². The molecule has 1 aromatic rings. The first-order valence-electron chi connectivity index (χ1n) is 12.1. The molecular formula is C28H34N4O2. The van der Waals surface area contributed by atoms with Crippen LogP contribution in [0.2, 0.25) is 0 Å². The van der Waals surface area contributed by atoms with E-state index in [-0.39, 0.29) is 11.7 Å². The van der Waals surface area contributed by atoms with Gasteiger partial charge in [-0.15, -0.1) is 0 Å². The summed E-state index contributed by atoms with van der Waals surface area (Å²) in [5, 5.41) is 0. The Hall–Kier alpha value is -3.54. The molecule has 0 aromatic heterocycles. The summed E-state index contributed by atoms with van der Waals surface area (Å²) in [5.74, 6) is 0.255. The smallest absolute Gasteiger partial charge is 0.254 e. The van der Waals surface area contributed by atoms with Crippen molar-refractivity contribution >= 4 is 28.9 Å². The summed E-state index contributed by atoms with van der Waals surface area (Å²) in [5.41, 5.74) is 3.61. The highest BCUT2D eigenvalue weighted by atomic mass is 16.2. The highest BCUT2D eigenvalue weighted by Gasteiger charge is 2.38. The Kier molecular flexibility index (Phi) is 8.16. The molecule has 34 heavy (non-hydrogen) atoms. The molecule has 0 saturated heterocycles. The Labute approximate surface area is 202 Å². The zero-order valence-electron chi connectivity index (χ0n) is 20.9. The number of rotatable bonds is 8. The normalized spacial score (nSPS) is 16.8. The average Bonchev–Trinajstić information content (AvgIpc) is 3.28. The van der Waals surface area contributed by atoms with Crippen LogP contribution in [0.3, 0.4) is 0 Å². The number of Topliss-reactive ketones (excluding diaryl/α,β-unsaturated/α-hetero) is 1. The Morgan fingerprint density at radius 2 is 1.76 bits per heavy atom. The Bertz CT molecular complexity index is 1150. The van der Waals surface area contributed by atoms with Gasteiger partial charge in [0.2, 0.25) is 5.96 Å². The lowest BCUT2D eigenvalue weighted by atomic mass is 9.81. The van der Waals surface area contributed by atoms with Crippen molar-refractivity contribution in [1.29, 1.82) is 0 Å². The number of carbonyl (C=O) groups is 2. The summed E-state index contributed by atoms with van der Waals surface area (Å²) in [4.78, 5) is 40.6. The fraction of sp³-hybridized carbons (Fsp3) is 0.357. The van der Waals surface area contributed by atoms with Gasteiger partial charge < -0.3 is 9.80 Å². The molecule has 0 spiro atoms. The predicted octanol–water partition coefficient (Wildman–Crippen LogP) is 5.06. The molecule has 0 bridgehead atoms. The summed E-state index contributed by atoms with van der Waals surface area (Å²) in [6, 6.07) is 7.26. The van der Waals surface area contributed by atoms with Crippen molar-refractivity contribution in [3.8, 4) is 0 Å². The molecule has 3 rings (SSSR count). The monoisotopic (exact) mass is 458 g/mol. The highest BCUT2D eigenvalue weighted by Crippen LogP contribution is 2.38. The lowest BCUT2D eigenvalue weighted by molar-refractivity contribution is -0.110. The van der Waals surface area contributed by atoms with Gasteiger partial charge in [-0.3, -0.25) is 9.59 Å². The van der Waals surface area contributed by atoms with Gasteiger partial charge in [0.05, 0.1) is 5.57 Å². The van der Waals surface area contributed by atoms with E-state index in [9.17, 15) is 9.59 Å². The Morgan fingerprint density at radius 3 is 2.38 bits per heavy atom. The van der Waals surface area contributed by atoms with Crippen LogP contribution in [0, 0.1) is 0 Å². The van der Waals surface area contributed by atoms with Gasteiger partial charge in [0.15, 0.2) is 5.78 Å². The molecule has 178 valence electrons. The summed E-state index contributed by atoms with van der Waals surface area (Å²) in [6.45, 7) is 16.8. The van der Waals surface area contributed by atoms with E-state index in [1.165, 1.54) is 0 Å². The fourth-order valence-corrected chi connectivity index (χ4v) is 4.22. The van der Waals surface area contributed by atoms with Crippen LogP contribution in [0.5, 0.6) is 0 Å². The van der Waals surface area contributed by atoms with Crippen LogP contribution < -0.4 is 0 Å². The van der Waals surface area contributed by atoms with E-state index >= 15 is 0 Å². The molecule has 1 heterocycles. The third-order valence-electron chi connectivity index (χ3n) is 6.06. The SMILES string of the molecule is C=C1C(=O)C(c2ccccc2C(=O)N(CC)CC)=C2N=C(N(CC)CCC)N=C2/C1=C/C=C\C. The lowest BCUT2D eigenvalue weighted by Gasteiger charge is -2.24. The number of nitrogens with zero attached hydrogens (tertiary/aromatic N) is 4. The molecule has 0 fully saturated rings. The van der Waals surface area contributed by atoms with Gasteiger partial charge in [-0.1, -0.05) is 49.9 Å². The molecule has 0 N–H and O–H groups in total. The van der Waals surface area contributed by atoms with Crippen LogP contribution in [0.25, 0.3) is 5.57 Å². The van der Waals surface area contributed by atoms with Gasteiger partial charge in [-0.2, -0.15) is 0 Å². The van der Waals surface area contributed by atoms with Crippen LogP contribution in [0.15, 0.2) is 75.9 Å². The number of aliphatic imine (C=N–C) groups is 2. The van der Waals surface area contributed by atoms with E-state index in [1.807, 2.05) is 57.2 Å². The molecule has 0 atom stereocenters. The van der Waals surface area contributed by atoms with Crippen molar-refractivity contribution in [2.45, 2.75) is 41.0 Å². The molecule has 1 aliphatic carbocycles. The Morgan fingerprint density at radius 1 is 1.06 bits per heavy atom. The van der Waals surface area contributed by atoms with Crippen LogP contribution >= 0.6 is 0 Å². The van der Waals surface area contributed by atoms with Crippen molar-refractivity contribution in [3.05, 3.63) is 77.0 Å². The van der Waals surface area contributed by atoms with Gasteiger partial charge in [0.1, 0.15) is 11.4 Å². The molecule has 0 unspecified atom stereocenters. The van der Waals surface area contributed by atoms with Crippen LogP contribution in [-0.2, 0) is 4.79 Å². The second-order valence-corrected chi connectivity index (χ2v) is 8.11. The van der Waals surface area contributed by atoms with E-state index in [1.54, 1.807) is 11.0 Å². The van der Waals surface area contributed by atoms with Crippen LogP contribution in [0.1, 0.15) is 57.0 Å². The average molecular weight is 459 g/mol. The number of fused-ring (bicyclic) bond motifs is 1. The van der Waals surface area contributed by atoms with Crippen LogP contribution in [0.4, 0.5) is 0 Å². The molecule has 6 heteroatoms. The predicted molar refractivity (Wildman–Crippen MR) is 140 cm³/mol. The largest absolute Gasteiger partial charge is 0.341 e. The first-order chi connectivity index (χ1) is 16.4. The number of allylic oxidation sites excluding steroid dienone is 6. The molecular weight excluding hydrogens is 424 g/mol. The minimum Gasteiger partial charge on any atom is -0.341 e. The van der Waals surface area contributed by atoms with Gasteiger partial charge in [0.25, 0.3) is 5.91 Å². The number of ketones is 1. The summed E-state index contributed by atoms with van der Waals surface area (Å²) < 4.78 is 0. The maximum Gasteiger partial charge on any atom is 0.254 e. The minimum absolute atomic E-state index is 0.107. The number of guanidine groups is 1. The number of benzene rings is 1. The molecule has 0 radical (unpaired) electrons. The van der Waals surface area contributed by atoms with Crippen molar-refractivity contribution < 1.29 is 9.59 Å². The van der Waals surface area contributed by atoms with E-state index in [2.05, 4.69) is 25.3 Å². The zero-order chi connectivity index (χ0) is 24.8. The fourth-order valence-electron chi connectivity index (χ4n) is 4.22. The van der Waals surface area contributed by atoms with Gasteiger partial charge in [0, 0.05) is 48.5 Å². The van der Waals surface area contributed by atoms with Crippen molar-refractivity contribution in [2.24, 2.45) is 9.98 Å². The van der Waals surface area contributed by atoms with E-state index < -0.39 is 0 Å². The van der Waals surface area contributed by atoms with E-state index in [4.69, 9.17) is 9.98 Å². The highest BCUT2D eigenvalue weighted by molar-refractivity contribution is 6.45. The molecule has 6 nitrogen and oxygen atoms in total. The summed E-state index contributed by atoms with van der Waals surface area (Å²) in [6.07, 6.45) is 6.59. The van der Waals surface area contributed by atoms with Crippen molar-refractivity contribution in [3.63, 3.8) is 0 Å². The molecule has 1 aliphatic heterocycles. The molecule has 1 aromatic carbocycles. The first kappa shape index (κ1) is 25.1. The number of amides is 1. The minimum atomic E-state index is -0.229. The zero-order valence-corrected chi connectivity index (χ0v) is 20.9. The van der Waals surface area contributed by atoms with Crippen molar-refractivity contribution in [2.75, 3.05) is 26.2 Å². The maximum atomic E-state index is 13.7. The Balaban J connectivity index is 2.30. The number of hydrogen-bond donors (Lipinski definition) is 0. The van der Waals surface area contributed by atoms with Crippen LogP contribution in [-0.4, -0.2) is 59.3 Å². The third-order valence-corrected chi connectivity index (χ3v) is 6.06. The molecule has 1 amide bonds. The molecule has 2 aliphatic rings. The first-order valence-corrected chi connectivity index (χ1v) is 12.1. The second kappa shape index (κ2) is 11.1. The quantitative estimate of drug-likeness (QED) is 0.511. The van der Waals surface area contributed by atoms with Crippen molar-refractivity contribution in [1.82, 2.24) is 9.80 Å². The van der Waals surface area contributed by atoms with Gasteiger partial charge >= 0.3 is 0 Å². The summed E-state index contributed by atoms with van der Waals surface area (Å²) >= 11 is 0. The van der Waals surface area contributed by atoms with E-state index in [0.29, 0.717) is 58.3 Å². The number of carbonyl (C=O) groups excluding carboxylic acids is 2. The van der Waals surface area contributed by atoms with E-state index in [0.717, 1.165) is 19.5 Å². The molecule has 0 saturated carbocycles. The number of hydrogen-bond acceptors (Lipinski definition) is 5.